The standard InChI is InChI=1S/C14H16N4O3/c19-14(11-4-2-8-20-11)16-7-5-12-17-13(18-21-12)10-3-1-6-15-9-10/h1,3,6,9,11H,2,4-5,7-8H2,(H,16,19). The molecule has 1 fully saturated rings. The largest absolute Gasteiger partial charge is 0.368 e. The maximum Gasteiger partial charge on any atom is 0.249 e. The van der Waals surface area contributed by atoms with Crippen molar-refractivity contribution in [2.45, 2.75) is 25.4 Å². The van der Waals surface area contributed by atoms with Gasteiger partial charge in [-0.3, -0.25) is 9.78 Å². The highest BCUT2D eigenvalue weighted by Crippen LogP contribution is 2.14. The van der Waals surface area contributed by atoms with E-state index in [0.29, 0.717) is 31.3 Å². The summed E-state index contributed by atoms with van der Waals surface area (Å²) >= 11 is 0. The van der Waals surface area contributed by atoms with Gasteiger partial charge in [0.1, 0.15) is 6.10 Å². The molecule has 3 rings (SSSR count). The van der Waals surface area contributed by atoms with Crippen LogP contribution in [0.1, 0.15) is 18.7 Å². The van der Waals surface area contributed by atoms with Crippen LogP contribution in [-0.4, -0.2) is 40.3 Å². The van der Waals surface area contributed by atoms with Gasteiger partial charge in [0.25, 0.3) is 0 Å². The lowest BCUT2D eigenvalue weighted by Gasteiger charge is -2.08. The SMILES string of the molecule is O=C(NCCc1nc(-c2cccnc2)no1)C1CCCO1. The van der Waals surface area contributed by atoms with Crippen molar-refractivity contribution in [3.05, 3.63) is 30.4 Å². The van der Waals surface area contributed by atoms with Gasteiger partial charge in [-0.05, 0) is 25.0 Å². The third kappa shape index (κ3) is 3.43. The Balaban J connectivity index is 1.50. The van der Waals surface area contributed by atoms with Gasteiger partial charge in [-0.15, -0.1) is 0 Å². The van der Waals surface area contributed by atoms with Crippen LogP contribution >= 0.6 is 0 Å². The molecule has 3 heterocycles. The second-order valence-corrected chi connectivity index (χ2v) is 4.80. The summed E-state index contributed by atoms with van der Waals surface area (Å²) in [5.74, 6) is 0.921. The van der Waals surface area contributed by atoms with Gasteiger partial charge >= 0.3 is 0 Å². The third-order valence-corrected chi connectivity index (χ3v) is 3.25. The maximum absolute atomic E-state index is 11.8. The number of carbonyl (C=O) groups excluding carboxylic acids is 1. The highest BCUT2D eigenvalue weighted by molar-refractivity contribution is 5.80. The molecule has 2 aromatic heterocycles. The Hall–Kier alpha value is -2.28. The van der Waals surface area contributed by atoms with Crippen molar-refractivity contribution < 1.29 is 14.1 Å². The monoisotopic (exact) mass is 288 g/mol. The number of rotatable bonds is 5. The number of aromatic nitrogens is 3. The molecule has 0 aliphatic carbocycles. The lowest BCUT2D eigenvalue weighted by molar-refractivity contribution is -0.130. The first kappa shape index (κ1) is 13.7. The Morgan fingerprint density at radius 2 is 2.43 bits per heavy atom. The minimum absolute atomic E-state index is 0.0699. The first-order valence-electron chi connectivity index (χ1n) is 6.95. The average molecular weight is 288 g/mol. The quantitative estimate of drug-likeness (QED) is 0.881. The molecule has 1 aliphatic rings. The van der Waals surface area contributed by atoms with E-state index in [9.17, 15) is 4.79 Å². The minimum atomic E-state index is -0.307. The summed E-state index contributed by atoms with van der Waals surface area (Å²) in [7, 11) is 0. The number of carbonyl (C=O) groups is 1. The molecule has 1 N–H and O–H groups in total. The van der Waals surface area contributed by atoms with Crippen molar-refractivity contribution in [1.29, 1.82) is 0 Å². The molecule has 21 heavy (non-hydrogen) atoms. The van der Waals surface area contributed by atoms with Gasteiger partial charge in [-0.25, -0.2) is 0 Å². The fourth-order valence-electron chi connectivity index (χ4n) is 2.16. The van der Waals surface area contributed by atoms with Crippen LogP contribution in [0.4, 0.5) is 0 Å². The summed E-state index contributed by atoms with van der Waals surface area (Å²) in [4.78, 5) is 20.0. The zero-order valence-corrected chi connectivity index (χ0v) is 11.5. The Kier molecular flexibility index (Phi) is 4.20. The molecule has 1 saturated heterocycles. The number of ether oxygens (including phenoxy) is 1. The Morgan fingerprint density at radius 1 is 1.48 bits per heavy atom. The third-order valence-electron chi connectivity index (χ3n) is 3.25. The second-order valence-electron chi connectivity index (χ2n) is 4.80. The number of nitrogens with zero attached hydrogens (tertiary/aromatic N) is 3. The van der Waals surface area contributed by atoms with Crippen LogP contribution < -0.4 is 5.32 Å². The van der Waals surface area contributed by atoms with Crippen LogP contribution in [0.2, 0.25) is 0 Å². The van der Waals surface area contributed by atoms with Crippen LogP contribution in [0.5, 0.6) is 0 Å². The van der Waals surface area contributed by atoms with Crippen molar-refractivity contribution in [1.82, 2.24) is 20.4 Å². The number of amides is 1. The van der Waals surface area contributed by atoms with Gasteiger partial charge in [0.15, 0.2) is 0 Å². The zero-order chi connectivity index (χ0) is 14.5. The molecule has 7 nitrogen and oxygen atoms in total. The molecular formula is C14H16N4O3. The van der Waals surface area contributed by atoms with Crippen molar-refractivity contribution >= 4 is 5.91 Å². The molecule has 1 amide bonds. The van der Waals surface area contributed by atoms with E-state index in [4.69, 9.17) is 9.26 Å². The molecule has 0 radical (unpaired) electrons. The predicted octanol–water partition coefficient (Wildman–Crippen LogP) is 0.969. The summed E-state index contributed by atoms with van der Waals surface area (Å²) in [5.41, 5.74) is 0.802. The minimum Gasteiger partial charge on any atom is -0.368 e. The van der Waals surface area contributed by atoms with E-state index in [2.05, 4.69) is 20.4 Å². The Bertz CT molecular complexity index is 593. The summed E-state index contributed by atoms with van der Waals surface area (Å²) in [6.07, 6.45) is 5.27. The van der Waals surface area contributed by atoms with Crippen LogP contribution in [-0.2, 0) is 16.0 Å². The highest BCUT2D eigenvalue weighted by Gasteiger charge is 2.23. The fraction of sp³-hybridized carbons (Fsp3) is 0.429. The Morgan fingerprint density at radius 3 is 3.19 bits per heavy atom. The van der Waals surface area contributed by atoms with Gasteiger partial charge in [0, 0.05) is 37.5 Å². The van der Waals surface area contributed by atoms with E-state index in [0.717, 1.165) is 18.4 Å². The molecule has 0 aromatic carbocycles. The van der Waals surface area contributed by atoms with E-state index in [1.807, 2.05) is 12.1 Å². The molecule has 7 heteroatoms. The zero-order valence-electron chi connectivity index (χ0n) is 11.5. The number of nitrogens with one attached hydrogen (secondary N) is 1. The van der Waals surface area contributed by atoms with Crippen molar-refractivity contribution in [2.24, 2.45) is 0 Å². The first-order chi connectivity index (χ1) is 10.3. The molecular weight excluding hydrogens is 272 g/mol. The van der Waals surface area contributed by atoms with E-state index >= 15 is 0 Å². The highest BCUT2D eigenvalue weighted by atomic mass is 16.5. The van der Waals surface area contributed by atoms with Crippen LogP contribution in [0.15, 0.2) is 29.0 Å². The van der Waals surface area contributed by atoms with Gasteiger partial charge < -0.3 is 14.6 Å². The average Bonchev–Trinajstić information content (AvgIpc) is 3.20. The molecule has 2 aromatic rings. The van der Waals surface area contributed by atoms with Crippen molar-refractivity contribution in [3.63, 3.8) is 0 Å². The molecule has 1 unspecified atom stereocenters. The van der Waals surface area contributed by atoms with Crippen LogP contribution in [0.25, 0.3) is 11.4 Å². The smallest absolute Gasteiger partial charge is 0.249 e. The van der Waals surface area contributed by atoms with E-state index in [1.54, 1.807) is 12.4 Å². The molecule has 0 saturated carbocycles. The van der Waals surface area contributed by atoms with E-state index in [-0.39, 0.29) is 12.0 Å². The van der Waals surface area contributed by atoms with E-state index in [1.165, 1.54) is 0 Å². The molecule has 0 spiro atoms. The Labute approximate surface area is 121 Å². The lowest BCUT2D eigenvalue weighted by atomic mass is 10.2. The number of pyridine rings is 1. The molecule has 1 atom stereocenters. The summed E-state index contributed by atoms with van der Waals surface area (Å²) in [5, 5.41) is 6.72. The second kappa shape index (κ2) is 6.45. The summed E-state index contributed by atoms with van der Waals surface area (Å²) in [6, 6.07) is 3.67. The van der Waals surface area contributed by atoms with Crippen molar-refractivity contribution in [3.8, 4) is 11.4 Å². The fourth-order valence-corrected chi connectivity index (χ4v) is 2.16. The van der Waals surface area contributed by atoms with Crippen LogP contribution in [0.3, 0.4) is 0 Å². The van der Waals surface area contributed by atoms with Gasteiger partial charge in [0.2, 0.25) is 17.6 Å². The van der Waals surface area contributed by atoms with Crippen molar-refractivity contribution in [2.75, 3.05) is 13.2 Å². The lowest BCUT2D eigenvalue weighted by Crippen LogP contribution is -2.35. The predicted molar refractivity (Wildman–Crippen MR) is 73.2 cm³/mol. The maximum atomic E-state index is 11.8. The normalized spacial score (nSPS) is 17.8. The molecule has 110 valence electrons. The summed E-state index contributed by atoms with van der Waals surface area (Å²) < 4.78 is 10.5. The van der Waals surface area contributed by atoms with Gasteiger partial charge in [-0.1, -0.05) is 5.16 Å². The molecule has 0 bridgehead atoms. The number of hydrogen-bond acceptors (Lipinski definition) is 6. The number of hydrogen-bond donors (Lipinski definition) is 1. The van der Waals surface area contributed by atoms with Gasteiger partial charge in [0.05, 0.1) is 0 Å². The topological polar surface area (TPSA) is 90.1 Å². The van der Waals surface area contributed by atoms with E-state index < -0.39 is 0 Å². The summed E-state index contributed by atoms with van der Waals surface area (Å²) in [6.45, 7) is 1.11. The van der Waals surface area contributed by atoms with Gasteiger partial charge in [-0.2, -0.15) is 4.98 Å². The first-order valence-corrected chi connectivity index (χ1v) is 6.95. The molecule has 1 aliphatic heterocycles. The van der Waals surface area contributed by atoms with Crippen LogP contribution in [0, 0.1) is 0 Å².